The summed E-state index contributed by atoms with van der Waals surface area (Å²) < 4.78 is 0. The SMILES string of the molecule is CC1CCC(N(C)c2c(Cl)cc(N)cc2Cl)CC1. The van der Waals surface area contributed by atoms with E-state index in [9.17, 15) is 0 Å². The van der Waals surface area contributed by atoms with Gasteiger partial charge in [-0.05, 0) is 43.7 Å². The summed E-state index contributed by atoms with van der Waals surface area (Å²) in [5, 5.41) is 1.28. The number of anilines is 2. The first kappa shape index (κ1) is 13.8. The predicted octanol–water partition coefficient (Wildman–Crippen LogP) is 4.59. The van der Waals surface area contributed by atoms with Crippen molar-refractivity contribution in [2.24, 2.45) is 5.92 Å². The number of nitrogens with zero attached hydrogens (tertiary/aromatic N) is 1. The molecule has 0 atom stereocenters. The maximum Gasteiger partial charge on any atom is 0.0746 e. The second-order valence-corrected chi connectivity index (χ2v) is 6.17. The summed E-state index contributed by atoms with van der Waals surface area (Å²) in [5.74, 6) is 0.840. The third-order valence-electron chi connectivity index (χ3n) is 3.93. The third kappa shape index (κ3) is 2.86. The zero-order valence-corrected chi connectivity index (χ0v) is 12.4. The Morgan fingerprint density at radius 2 is 1.61 bits per heavy atom. The standard InChI is InChI=1S/C14H20Cl2N2/c1-9-3-5-11(6-4-9)18(2)14-12(15)7-10(17)8-13(14)16/h7-9,11H,3-6,17H2,1-2H3. The van der Waals surface area contributed by atoms with Crippen LogP contribution in [0.15, 0.2) is 12.1 Å². The quantitative estimate of drug-likeness (QED) is 0.806. The van der Waals surface area contributed by atoms with Crippen LogP contribution >= 0.6 is 23.2 Å². The summed E-state index contributed by atoms with van der Waals surface area (Å²) in [6.45, 7) is 2.32. The van der Waals surface area contributed by atoms with E-state index in [-0.39, 0.29) is 0 Å². The van der Waals surface area contributed by atoms with Gasteiger partial charge in [-0.2, -0.15) is 0 Å². The number of hydrogen-bond acceptors (Lipinski definition) is 2. The highest BCUT2D eigenvalue weighted by Gasteiger charge is 2.24. The Labute approximate surface area is 119 Å². The molecule has 0 aliphatic heterocycles. The fraction of sp³-hybridized carbons (Fsp3) is 0.571. The molecule has 0 heterocycles. The van der Waals surface area contributed by atoms with E-state index in [0.717, 1.165) is 11.6 Å². The van der Waals surface area contributed by atoms with Gasteiger partial charge in [0.15, 0.2) is 0 Å². The average Bonchev–Trinajstić information content (AvgIpc) is 2.28. The van der Waals surface area contributed by atoms with Crippen molar-refractivity contribution in [1.29, 1.82) is 0 Å². The normalized spacial score (nSPS) is 24.0. The molecule has 1 aromatic carbocycles. The van der Waals surface area contributed by atoms with Crippen molar-refractivity contribution >= 4 is 34.6 Å². The topological polar surface area (TPSA) is 29.3 Å². The molecule has 0 aromatic heterocycles. The number of nitrogen functional groups attached to an aromatic ring is 1. The molecule has 2 rings (SSSR count). The monoisotopic (exact) mass is 286 g/mol. The van der Waals surface area contributed by atoms with Crippen molar-refractivity contribution in [2.45, 2.75) is 38.6 Å². The van der Waals surface area contributed by atoms with Gasteiger partial charge in [-0.3, -0.25) is 0 Å². The van der Waals surface area contributed by atoms with Crippen LogP contribution in [-0.4, -0.2) is 13.1 Å². The summed E-state index contributed by atoms with van der Waals surface area (Å²) in [6.07, 6.45) is 4.96. The lowest BCUT2D eigenvalue weighted by atomic mass is 9.86. The highest BCUT2D eigenvalue weighted by atomic mass is 35.5. The van der Waals surface area contributed by atoms with Gasteiger partial charge in [0.2, 0.25) is 0 Å². The van der Waals surface area contributed by atoms with Crippen LogP contribution in [0, 0.1) is 5.92 Å². The van der Waals surface area contributed by atoms with Crippen LogP contribution in [0.5, 0.6) is 0 Å². The van der Waals surface area contributed by atoms with Gasteiger partial charge < -0.3 is 10.6 Å². The highest BCUT2D eigenvalue weighted by Crippen LogP contribution is 2.38. The number of hydrogen-bond donors (Lipinski definition) is 1. The zero-order valence-electron chi connectivity index (χ0n) is 10.9. The van der Waals surface area contributed by atoms with Crippen LogP contribution in [0.2, 0.25) is 10.0 Å². The minimum Gasteiger partial charge on any atom is -0.399 e. The van der Waals surface area contributed by atoms with Crippen LogP contribution in [0.3, 0.4) is 0 Å². The maximum atomic E-state index is 6.27. The fourth-order valence-corrected chi connectivity index (χ4v) is 3.50. The molecule has 4 heteroatoms. The minimum absolute atomic E-state index is 0.528. The molecule has 1 aliphatic rings. The van der Waals surface area contributed by atoms with Crippen LogP contribution < -0.4 is 10.6 Å². The second-order valence-electron chi connectivity index (χ2n) is 5.36. The van der Waals surface area contributed by atoms with E-state index < -0.39 is 0 Å². The Morgan fingerprint density at radius 1 is 1.11 bits per heavy atom. The van der Waals surface area contributed by atoms with Gasteiger partial charge in [0.25, 0.3) is 0 Å². The molecule has 18 heavy (non-hydrogen) atoms. The van der Waals surface area contributed by atoms with E-state index in [1.807, 2.05) is 0 Å². The Balaban J connectivity index is 2.21. The van der Waals surface area contributed by atoms with E-state index >= 15 is 0 Å². The van der Waals surface area contributed by atoms with Crippen molar-refractivity contribution in [3.05, 3.63) is 22.2 Å². The number of rotatable bonds is 2. The van der Waals surface area contributed by atoms with E-state index in [4.69, 9.17) is 28.9 Å². The van der Waals surface area contributed by atoms with E-state index in [1.165, 1.54) is 25.7 Å². The summed E-state index contributed by atoms with van der Waals surface area (Å²) >= 11 is 12.5. The maximum absolute atomic E-state index is 6.27. The van der Waals surface area contributed by atoms with Crippen LogP contribution in [0.1, 0.15) is 32.6 Å². The smallest absolute Gasteiger partial charge is 0.0746 e. The molecule has 2 N–H and O–H groups in total. The first-order chi connectivity index (χ1) is 8.49. The summed E-state index contributed by atoms with van der Waals surface area (Å²) in [4.78, 5) is 2.22. The molecule has 0 radical (unpaired) electrons. The van der Waals surface area contributed by atoms with Gasteiger partial charge in [-0.25, -0.2) is 0 Å². The van der Waals surface area contributed by atoms with Crippen LogP contribution in [0.25, 0.3) is 0 Å². The van der Waals surface area contributed by atoms with E-state index in [1.54, 1.807) is 12.1 Å². The number of halogens is 2. The second kappa shape index (κ2) is 5.58. The molecule has 1 saturated carbocycles. The Kier molecular flexibility index (Phi) is 4.29. The lowest BCUT2D eigenvalue weighted by Gasteiger charge is -2.36. The molecule has 2 nitrogen and oxygen atoms in total. The van der Waals surface area contributed by atoms with Crippen LogP contribution in [0.4, 0.5) is 11.4 Å². The molecular formula is C14H20Cl2N2. The van der Waals surface area contributed by atoms with Gasteiger partial charge in [0.1, 0.15) is 0 Å². The molecule has 1 fully saturated rings. The predicted molar refractivity (Wildman–Crippen MR) is 80.7 cm³/mol. The summed E-state index contributed by atoms with van der Waals surface area (Å²) in [6, 6.07) is 4.06. The summed E-state index contributed by atoms with van der Waals surface area (Å²) in [5.41, 5.74) is 7.26. The van der Waals surface area contributed by atoms with Gasteiger partial charge in [0.05, 0.1) is 15.7 Å². The lowest BCUT2D eigenvalue weighted by molar-refractivity contribution is 0.341. The first-order valence-electron chi connectivity index (χ1n) is 6.46. The molecule has 0 bridgehead atoms. The largest absolute Gasteiger partial charge is 0.399 e. The molecule has 0 spiro atoms. The van der Waals surface area contributed by atoms with Crippen LogP contribution in [-0.2, 0) is 0 Å². The minimum atomic E-state index is 0.528. The van der Waals surface area contributed by atoms with Crippen molar-refractivity contribution in [2.75, 3.05) is 17.7 Å². The molecule has 0 amide bonds. The highest BCUT2D eigenvalue weighted by molar-refractivity contribution is 6.39. The molecule has 1 aliphatic carbocycles. The van der Waals surface area contributed by atoms with Gasteiger partial charge in [0, 0.05) is 18.8 Å². The fourth-order valence-electron chi connectivity index (χ4n) is 2.73. The van der Waals surface area contributed by atoms with Crippen molar-refractivity contribution in [3.63, 3.8) is 0 Å². The Hall–Kier alpha value is -0.600. The van der Waals surface area contributed by atoms with Crippen molar-refractivity contribution < 1.29 is 0 Å². The molecule has 0 saturated heterocycles. The Bertz CT molecular complexity index is 403. The molecule has 1 aromatic rings. The average molecular weight is 287 g/mol. The van der Waals surface area contributed by atoms with Gasteiger partial charge in [-0.1, -0.05) is 30.1 Å². The van der Waals surface area contributed by atoms with Crippen molar-refractivity contribution in [3.8, 4) is 0 Å². The molecule has 0 unspecified atom stereocenters. The lowest BCUT2D eigenvalue weighted by Crippen LogP contribution is -2.35. The number of nitrogens with two attached hydrogens (primary N) is 1. The molecular weight excluding hydrogens is 267 g/mol. The number of benzene rings is 1. The zero-order chi connectivity index (χ0) is 13.3. The first-order valence-corrected chi connectivity index (χ1v) is 7.22. The third-order valence-corrected chi connectivity index (χ3v) is 4.50. The van der Waals surface area contributed by atoms with Gasteiger partial charge >= 0.3 is 0 Å². The molecule has 100 valence electrons. The van der Waals surface area contributed by atoms with Gasteiger partial charge in [-0.15, -0.1) is 0 Å². The Morgan fingerprint density at radius 3 is 2.11 bits per heavy atom. The van der Waals surface area contributed by atoms with E-state index in [0.29, 0.717) is 21.8 Å². The van der Waals surface area contributed by atoms with E-state index in [2.05, 4.69) is 18.9 Å². The van der Waals surface area contributed by atoms with Crippen molar-refractivity contribution in [1.82, 2.24) is 0 Å². The summed E-state index contributed by atoms with van der Waals surface area (Å²) in [7, 11) is 2.07.